The number of amides is 1. The van der Waals surface area contributed by atoms with Crippen LogP contribution < -0.4 is 10.1 Å². The molecule has 0 saturated heterocycles. The summed E-state index contributed by atoms with van der Waals surface area (Å²) in [7, 11) is 1.53. The van der Waals surface area contributed by atoms with E-state index < -0.39 is 5.60 Å². The van der Waals surface area contributed by atoms with Gasteiger partial charge in [-0.05, 0) is 33.3 Å². The molecule has 1 unspecified atom stereocenters. The smallest absolute Gasteiger partial charge is 0.256 e. The Morgan fingerprint density at radius 1 is 1.36 bits per heavy atom. The van der Waals surface area contributed by atoms with Crippen molar-refractivity contribution >= 4 is 11.6 Å². The summed E-state index contributed by atoms with van der Waals surface area (Å²) in [6.07, 6.45) is 2.16. The van der Waals surface area contributed by atoms with Gasteiger partial charge in [0.05, 0.1) is 18.5 Å². The third-order valence-electron chi connectivity index (χ3n) is 3.56. The fourth-order valence-corrected chi connectivity index (χ4v) is 1.78. The van der Waals surface area contributed by atoms with E-state index in [4.69, 9.17) is 14.2 Å². The van der Waals surface area contributed by atoms with Crippen LogP contribution >= 0.6 is 0 Å². The number of pyridine rings is 1. The third-order valence-corrected chi connectivity index (χ3v) is 3.56. The molecule has 0 aliphatic rings. The monoisotopic (exact) mass is 310 g/mol. The topological polar surface area (TPSA) is 69.7 Å². The molecule has 1 N–H and O–H groups in total. The number of rotatable bonds is 9. The van der Waals surface area contributed by atoms with Gasteiger partial charge >= 0.3 is 0 Å². The van der Waals surface area contributed by atoms with Crippen LogP contribution in [0.4, 0.5) is 5.69 Å². The lowest BCUT2D eigenvalue weighted by atomic mass is 10.0. The average Bonchev–Trinajstić information content (AvgIpc) is 2.52. The summed E-state index contributed by atoms with van der Waals surface area (Å²) < 4.78 is 16.0. The van der Waals surface area contributed by atoms with Crippen molar-refractivity contribution < 1.29 is 19.0 Å². The maximum atomic E-state index is 12.2. The SMILES string of the molecule is CCOCCOc1ncc(NC(=O)C(C)(CC)OC)cc1C. The van der Waals surface area contributed by atoms with E-state index in [1.54, 1.807) is 13.1 Å². The normalized spacial score (nSPS) is 13.5. The van der Waals surface area contributed by atoms with Crippen LogP contribution in [0.5, 0.6) is 5.88 Å². The van der Waals surface area contributed by atoms with E-state index in [0.29, 0.717) is 37.8 Å². The molecule has 0 aromatic carbocycles. The Balaban J connectivity index is 2.67. The second-order valence-electron chi connectivity index (χ2n) is 5.13. The highest BCUT2D eigenvalue weighted by molar-refractivity contribution is 5.96. The van der Waals surface area contributed by atoms with Crippen molar-refractivity contribution in [2.45, 2.75) is 39.7 Å². The van der Waals surface area contributed by atoms with Crippen molar-refractivity contribution in [1.82, 2.24) is 4.98 Å². The molecule has 0 aliphatic heterocycles. The van der Waals surface area contributed by atoms with Gasteiger partial charge in [0.15, 0.2) is 0 Å². The molecule has 6 heteroatoms. The van der Waals surface area contributed by atoms with E-state index in [-0.39, 0.29) is 5.91 Å². The molecule has 1 aromatic rings. The molecule has 124 valence electrons. The number of ether oxygens (including phenoxy) is 3. The minimum Gasteiger partial charge on any atom is -0.475 e. The van der Waals surface area contributed by atoms with Gasteiger partial charge in [-0.3, -0.25) is 4.79 Å². The molecule has 22 heavy (non-hydrogen) atoms. The number of aryl methyl sites for hydroxylation is 1. The highest BCUT2D eigenvalue weighted by atomic mass is 16.5. The summed E-state index contributed by atoms with van der Waals surface area (Å²) in [6, 6.07) is 1.83. The first kappa shape index (κ1) is 18.4. The molecule has 0 radical (unpaired) electrons. The van der Waals surface area contributed by atoms with Crippen LogP contribution in [-0.4, -0.2) is 43.4 Å². The molecule has 0 saturated carbocycles. The highest BCUT2D eigenvalue weighted by Gasteiger charge is 2.31. The summed E-state index contributed by atoms with van der Waals surface area (Å²) in [5.74, 6) is 0.353. The van der Waals surface area contributed by atoms with Crippen LogP contribution in [0.1, 0.15) is 32.8 Å². The van der Waals surface area contributed by atoms with Crippen molar-refractivity contribution in [2.24, 2.45) is 0 Å². The molecule has 0 spiro atoms. The Labute approximate surface area is 132 Å². The van der Waals surface area contributed by atoms with E-state index in [2.05, 4.69) is 10.3 Å². The van der Waals surface area contributed by atoms with Crippen LogP contribution in [0.15, 0.2) is 12.3 Å². The first-order valence-electron chi connectivity index (χ1n) is 7.50. The van der Waals surface area contributed by atoms with E-state index in [1.807, 2.05) is 26.8 Å². The largest absolute Gasteiger partial charge is 0.475 e. The van der Waals surface area contributed by atoms with E-state index in [1.165, 1.54) is 7.11 Å². The first-order chi connectivity index (χ1) is 10.5. The molecule has 1 atom stereocenters. The van der Waals surface area contributed by atoms with Gasteiger partial charge in [0.1, 0.15) is 12.2 Å². The second-order valence-corrected chi connectivity index (χ2v) is 5.13. The van der Waals surface area contributed by atoms with Crippen LogP contribution in [0, 0.1) is 6.92 Å². The molecule has 0 aliphatic carbocycles. The number of hydrogen-bond donors (Lipinski definition) is 1. The fraction of sp³-hybridized carbons (Fsp3) is 0.625. The number of anilines is 1. The maximum Gasteiger partial charge on any atom is 0.256 e. The number of carbonyl (C=O) groups excluding carboxylic acids is 1. The summed E-state index contributed by atoms with van der Waals surface area (Å²) in [4.78, 5) is 16.5. The van der Waals surface area contributed by atoms with Crippen molar-refractivity contribution in [2.75, 3.05) is 32.2 Å². The van der Waals surface area contributed by atoms with Gasteiger partial charge in [0.2, 0.25) is 5.88 Å². The third kappa shape index (κ3) is 4.96. The zero-order chi connectivity index (χ0) is 16.6. The van der Waals surface area contributed by atoms with Crippen LogP contribution in [-0.2, 0) is 14.3 Å². The van der Waals surface area contributed by atoms with Gasteiger partial charge < -0.3 is 19.5 Å². The quantitative estimate of drug-likeness (QED) is 0.710. The zero-order valence-electron chi connectivity index (χ0n) is 14.1. The van der Waals surface area contributed by atoms with E-state index in [9.17, 15) is 4.79 Å². The molecule has 0 fully saturated rings. The van der Waals surface area contributed by atoms with Crippen molar-refractivity contribution in [3.63, 3.8) is 0 Å². The lowest BCUT2D eigenvalue weighted by Crippen LogP contribution is -2.41. The molecule has 1 amide bonds. The van der Waals surface area contributed by atoms with Crippen LogP contribution in [0.2, 0.25) is 0 Å². The predicted molar refractivity (Wildman–Crippen MR) is 85.3 cm³/mol. The number of methoxy groups -OCH3 is 1. The lowest BCUT2D eigenvalue weighted by Gasteiger charge is -2.25. The minimum absolute atomic E-state index is 0.191. The molecule has 0 bridgehead atoms. The number of aromatic nitrogens is 1. The Bertz CT molecular complexity index is 487. The Kier molecular flexibility index (Phi) is 7.27. The number of nitrogens with one attached hydrogen (secondary N) is 1. The van der Waals surface area contributed by atoms with Crippen molar-refractivity contribution in [3.8, 4) is 5.88 Å². The summed E-state index contributed by atoms with van der Waals surface area (Å²) >= 11 is 0. The maximum absolute atomic E-state index is 12.2. The van der Waals surface area contributed by atoms with Gasteiger partial charge in [0, 0.05) is 19.3 Å². The van der Waals surface area contributed by atoms with Gasteiger partial charge in [-0.1, -0.05) is 6.92 Å². The second kappa shape index (κ2) is 8.70. The first-order valence-corrected chi connectivity index (χ1v) is 7.50. The van der Waals surface area contributed by atoms with Crippen molar-refractivity contribution in [1.29, 1.82) is 0 Å². The zero-order valence-corrected chi connectivity index (χ0v) is 14.1. The number of carbonyl (C=O) groups is 1. The number of nitrogens with zero attached hydrogens (tertiary/aromatic N) is 1. The van der Waals surface area contributed by atoms with Gasteiger partial charge in [-0.15, -0.1) is 0 Å². The summed E-state index contributed by atoms with van der Waals surface area (Å²) in [5, 5.41) is 2.82. The average molecular weight is 310 g/mol. The number of hydrogen-bond acceptors (Lipinski definition) is 5. The highest BCUT2D eigenvalue weighted by Crippen LogP contribution is 2.21. The molecule has 1 rings (SSSR count). The van der Waals surface area contributed by atoms with Crippen molar-refractivity contribution in [3.05, 3.63) is 17.8 Å². The molecular weight excluding hydrogens is 284 g/mol. The fourth-order valence-electron chi connectivity index (χ4n) is 1.78. The van der Waals surface area contributed by atoms with E-state index in [0.717, 1.165) is 5.56 Å². The van der Waals surface area contributed by atoms with Gasteiger partial charge in [0.25, 0.3) is 5.91 Å². The molecule has 6 nitrogen and oxygen atoms in total. The van der Waals surface area contributed by atoms with E-state index >= 15 is 0 Å². The molecule has 1 heterocycles. The van der Waals surface area contributed by atoms with Crippen LogP contribution in [0.3, 0.4) is 0 Å². The van der Waals surface area contributed by atoms with Crippen LogP contribution in [0.25, 0.3) is 0 Å². The van der Waals surface area contributed by atoms with Gasteiger partial charge in [-0.2, -0.15) is 0 Å². The Morgan fingerprint density at radius 3 is 2.64 bits per heavy atom. The molecular formula is C16H26N2O4. The predicted octanol–water partition coefficient (Wildman–Crippen LogP) is 2.56. The van der Waals surface area contributed by atoms with Gasteiger partial charge in [-0.25, -0.2) is 4.98 Å². The summed E-state index contributed by atoms with van der Waals surface area (Å²) in [6.45, 7) is 9.12. The standard InChI is InChI=1S/C16H26N2O4/c1-6-16(4,20-5)15(19)18-13-10-12(3)14(17-11-13)22-9-8-21-7-2/h10-11H,6-9H2,1-5H3,(H,18,19). The lowest BCUT2D eigenvalue weighted by molar-refractivity contribution is -0.136. The Morgan fingerprint density at radius 2 is 2.09 bits per heavy atom. The Hall–Kier alpha value is -1.66. The molecule has 1 aromatic heterocycles. The minimum atomic E-state index is -0.847. The summed E-state index contributed by atoms with van der Waals surface area (Å²) in [5.41, 5.74) is 0.627.